The number of hydrogen-bond acceptors (Lipinski definition) is 34. The molecule has 1 saturated heterocycles. The van der Waals surface area contributed by atoms with Crippen LogP contribution in [-0.4, -0.2) is 199 Å². The number of rotatable bonds is 14. The zero-order chi connectivity index (χ0) is 107. The van der Waals surface area contributed by atoms with Crippen molar-refractivity contribution in [3.05, 3.63) is 206 Å². The van der Waals surface area contributed by atoms with Crippen LogP contribution in [0.2, 0.25) is 0 Å². The van der Waals surface area contributed by atoms with Gasteiger partial charge in [0.2, 0.25) is 6.29 Å². The second kappa shape index (κ2) is 67.5. The first-order valence-corrected chi connectivity index (χ1v) is 57.6. The fourth-order valence-corrected chi connectivity index (χ4v) is 15.7. The van der Waals surface area contributed by atoms with Gasteiger partial charge in [0.05, 0.1) is 40.8 Å². The van der Waals surface area contributed by atoms with Crippen molar-refractivity contribution >= 4 is 353 Å². The third-order valence-corrected chi connectivity index (χ3v) is 26.7. The molecule has 0 spiro atoms. The van der Waals surface area contributed by atoms with E-state index in [0.29, 0.717) is 69.4 Å². The van der Waals surface area contributed by atoms with Gasteiger partial charge in [-0.15, -0.1) is 0 Å². The Morgan fingerprint density at radius 1 is 0.510 bits per heavy atom. The van der Waals surface area contributed by atoms with E-state index in [0.717, 1.165) is 89.0 Å². The Morgan fingerprint density at radius 2 is 0.828 bits per heavy atom. The molecule has 3 aliphatic heterocycles. The van der Waals surface area contributed by atoms with Gasteiger partial charge in [-0.05, 0) is 200 Å². The minimum Gasteiger partial charge on any atom is -1.00 e. The van der Waals surface area contributed by atoms with Crippen molar-refractivity contribution < 1.29 is 102 Å². The van der Waals surface area contributed by atoms with Crippen molar-refractivity contribution in [2.75, 3.05) is 5.33 Å². The molecule has 55 heteroatoms. The van der Waals surface area contributed by atoms with Crippen LogP contribution in [0.3, 0.4) is 0 Å². The van der Waals surface area contributed by atoms with E-state index in [1.54, 1.807) is 57.1 Å². The molecular formula is C90H100BBr5F3MgN15O15S15. The number of carboxylic acid groups (broad SMARTS) is 1. The summed E-state index contributed by atoms with van der Waals surface area (Å²) < 4.78 is 65.8. The summed E-state index contributed by atoms with van der Waals surface area (Å²) in [7, 11) is 6.84. The van der Waals surface area contributed by atoms with Crippen LogP contribution >= 0.6 is 77.2 Å². The SMILES string of the molecule is CC(=O)C1=NCc2ccc(Br)cc21.CC(=O)c1nn(CC(=O)O)c2ccc(-c3cnc(C)nc3)cc12.CC(=O)c1nn(CC(=O)OC(C)(C)C)c2ccc(-c3cnc(C)nc3)cc12.CC(=O)c1nn(CC(=O)OC(C)(C)C)c2ccc(Br)cc12.CC(C)(C)OC(=O)CBr.Cc1ncc(B2OC(C)(C)C(C)(C)O2)cn1.N#CC1=NCc2ccc(Br)cc21.O=CC(F)(F)F.S.S=S.S=S=S.S=S=S=S.S=S=S=S=S.[Br-].[CH3-].[Mg+2]. The number of esters is 3. The molecule has 6 aromatic heterocycles. The van der Waals surface area contributed by atoms with E-state index >= 15 is 0 Å². The number of hydrogen-bond donors (Lipinski definition) is 1. The van der Waals surface area contributed by atoms with Crippen LogP contribution < -0.4 is 22.4 Å². The number of aryl methyl sites for hydroxylation is 3. The molecule has 3 aliphatic rings. The van der Waals surface area contributed by atoms with Gasteiger partial charge < -0.3 is 53.0 Å². The van der Waals surface area contributed by atoms with E-state index in [9.17, 15) is 51.5 Å². The van der Waals surface area contributed by atoms with Gasteiger partial charge in [-0.1, -0.05) is 88.0 Å². The van der Waals surface area contributed by atoms with E-state index in [1.165, 1.54) is 79.2 Å². The molecule has 0 atom stereocenters. The summed E-state index contributed by atoms with van der Waals surface area (Å²) in [5.41, 5.74) is 10.5. The Kier molecular flexibility index (Phi) is 65.2. The summed E-state index contributed by atoms with van der Waals surface area (Å²) in [6.07, 6.45) is 4.70. The number of aromatic nitrogens is 12. The number of ketones is 4. The number of benzene rings is 5. The van der Waals surface area contributed by atoms with E-state index in [-0.39, 0.29) is 151 Å². The van der Waals surface area contributed by atoms with Gasteiger partial charge in [-0.25, -0.2) is 29.9 Å². The number of nitriles is 1. The predicted octanol–water partition coefficient (Wildman–Crippen LogP) is 14.1. The number of alkyl halides is 4. The van der Waals surface area contributed by atoms with Crippen molar-refractivity contribution in [1.29, 1.82) is 5.26 Å². The van der Waals surface area contributed by atoms with Gasteiger partial charge >= 0.3 is 60.2 Å². The number of aldehydes is 1. The predicted molar refractivity (Wildman–Crippen MR) is 613 cm³/mol. The molecule has 0 unspecified atom stereocenters. The zero-order valence-corrected chi connectivity index (χ0v) is 104. The molecule has 30 nitrogen and oxygen atoms in total. The van der Waals surface area contributed by atoms with Crippen molar-refractivity contribution in [3.63, 3.8) is 0 Å². The van der Waals surface area contributed by atoms with Crippen LogP contribution in [0.4, 0.5) is 13.2 Å². The normalized spacial score (nSPS) is 12.0. The van der Waals surface area contributed by atoms with Crippen LogP contribution in [0.15, 0.2) is 152 Å². The molecule has 1 N–H and O–H groups in total. The number of carbonyl (C=O) groups excluding carboxylic acids is 8. The second-order valence-corrected chi connectivity index (χ2v) is 46.9. The van der Waals surface area contributed by atoms with Crippen LogP contribution in [0.25, 0.3) is 55.0 Å². The van der Waals surface area contributed by atoms with Crippen molar-refractivity contribution in [3.8, 4) is 28.3 Å². The number of aliphatic carboxylic acids is 1. The van der Waals surface area contributed by atoms with Crippen molar-refractivity contribution in [1.82, 2.24) is 59.2 Å². The first kappa shape index (κ1) is 140. The Morgan fingerprint density at radius 3 is 1.14 bits per heavy atom. The zero-order valence-electron chi connectivity index (χ0n) is 81.8. The van der Waals surface area contributed by atoms with Crippen LogP contribution in [0.5, 0.6) is 0 Å². The number of fused-ring (bicyclic) bond motifs is 5. The fourth-order valence-electron chi connectivity index (χ4n) is 11.8. The molecule has 14 rings (SSSR count). The number of aliphatic imine (C=N–C) groups is 2. The van der Waals surface area contributed by atoms with Gasteiger partial charge in [-0.3, -0.25) is 67.2 Å². The molecule has 0 radical (unpaired) electrons. The minimum absolute atomic E-state index is 0. The van der Waals surface area contributed by atoms with Crippen LogP contribution in [-0.2, 0) is 228 Å². The van der Waals surface area contributed by atoms with Crippen molar-refractivity contribution in [2.24, 2.45) is 9.98 Å². The largest absolute Gasteiger partial charge is 2.00 e. The summed E-state index contributed by atoms with van der Waals surface area (Å²) >= 11 is 46.2. The summed E-state index contributed by atoms with van der Waals surface area (Å²) in [4.78, 5) is 134. The van der Waals surface area contributed by atoms with Gasteiger partial charge in [-0.2, -0.15) is 47.2 Å². The van der Waals surface area contributed by atoms with Gasteiger partial charge in [0.1, 0.15) is 93.8 Å². The molecule has 0 bridgehead atoms. The average Bonchev–Trinajstić information content (AvgIpc) is 1.63. The number of carbonyl (C=O) groups is 9. The first-order valence-electron chi connectivity index (χ1n) is 40.7. The number of nitrogens with zero attached hydrogens (tertiary/aromatic N) is 15. The number of halogens is 8. The Labute approximate surface area is 963 Å². The number of Topliss-reactive ketones (excluding diaryl/α,β-unsaturated/α-hetero) is 4. The molecule has 9 heterocycles. The third kappa shape index (κ3) is 49.0. The number of carboxylic acids is 1. The van der Waals surface area contributed by atoms with Crippen molar-refractivity contribution in [2.45, 2.75) is 205 Å². The molecule has 0 saturated carbocycles. The molecule has 1 fully saturated rings. The van der Waals surface area contributed by atoms with Gasteiger partial charge in [0.25, 0.3) is 0 Å². The van der Waals surface area contributed by atoms with Gasteiger partial charge in [0, 0.05) is 265 Å². The Balaban J connectivity index is 0. The molecule has 11 aromatic rings. The standard InChI is InChI=1S/C20H22N4O3.C16H14N4O3.C15H17BrN2O3.C11H17BN2O2.C10H8BrNO.C9H5BrN2.C6H11BrO2.C2HF3O.CH3.BrH.Mg.S5.S4.S3.S2.H2S/c1-12(25)19-16-8-14(15-9-21-13(2)22-10-15)6-7-17(16)24(23-19)11-18(26)27-20(3,4)5;1-9(21)16-13-5-11(12-6-17-10(2)18-7-12)3-4-14(13)20(19-16)8-15(22)23;1-9(19)14-11-7-10(16)5-6-12(11)18(17-14)8-13(20)21-15(2,3)4;1-8-13-6-9(7-14-8)12-15-10(2,3)11(4,5)16-12;1-6(13)10-9-4-8(11)3-2-7(9)5-12-10;10-7-2-1-6-5-12-9(4-11)8(6)3-7;1-6(2,3)9-5(8)4-7;3-2(4,5)1-6;;;;1-3-5-4-2;1-3-4-2;1-3-2;1-2;/h6-10H,11H2,1-5H3;3-7H,8H2,1-2H3,(H,22,23);5-7H,8H2,1-4H3;6-7H,1-5H3;2-4H,5H2,1H3;1-3H,5H2;4H2,1-3H3;1H;1H3;1H;;;;;;1H2/q;;;;;;;;-1;;+2;;;;;/p-1. The topological polar surface area (TPSA) is 399 Å². The maximum atomic E-state index is 12.2. The van der Waals surface area contributed by atoms with E-state index in [4.69, 9.17) is 38.7 Å². The van der Waals surface area contributed by atoms with Crippen LogP contribution in [0.1, 0.15) is 189 Å². The van der Waals surface area contributed by atoms with Crippen LogP contribution in [0, 0.1) is 39.5 Å². The number of ether oxygens (including phenoxy) is 3. The fraction of sp³-hybridized carbons (Fsp3) is 0.356. The smallest absolute Gasteiger partial charge is 1.00 e. The molecular weight excluding hydrogens is 2500 g/mol. The molecule has 0 amide bonds. The van der Waals surface area contributed by atoms with E-state index < -0.39 is 35.6 Å². The summed E-state index contributed by atoms with van der Waals surface area (Å²) in [6.45, 7) is 36.8. The first-order chi connectivity index (χ1) is 65.8. The molecule has 0 aliphatic carbocycles. The monoisotopic (exact) mass is 2600 g/mol. The Bertz CT molecular complexity index is 6710. The maximum absolute atomic E-state index is 12.2. The second-order valence-electron chi connectivity index (χ2n) is 33.0. The molecule has 776 valence electrons. The minimum atomic E-state index is -4.64. The summed E-state index contributed by atoms with van der Waals surface area (Å²) in [5, 5.41) is 32.7. The molecule has 5 aromatic carbocycles. The van der Waals surface area contributed by atoms with E-state index in [1.807, 2.05) is 189 Å². The van der Waals surface area contributed by atoms with Gasteiger partial charge in [0.15, 0.2) is 23.1 Å². The maximum Gasteiger partial charge on any atom is 2.00 e. The third-order valence-electron chi connectivity index (χ3n) is 18.1. The average molecular weight is 2600 g/mol. The quantitative estimate of drug-likeness (QED) is 0.0201. The van der Waals surface area contributed by atoms with E-state index in [2.05, 4.69) is 214 Å². The summed E-state index contributed by atoms with van der Waals surface area (Å²) in [5.74, 6) is -0.385. The summed E-state index contributed by atoms with van der Waals surface area (Å²) in [6, 6.07) is 30.4. The Hall–Kier alpha value is -6.82. The molecule has 145 heavy (non-hydrogen) atoms.